The fourth-order valence-corrected chi connectivity index (χ4v) is 1.72. The summed E-state index contributed by atoms with van der Waals surface area (Å²) in [5.41, 5.74) is 7.52. The Kier molecular flexibility index (Phi) is 3.46. The molecule has 0 aliphatic carbocycles. The van der Waals surface area contributed by atoms with Gasteiger partial charge in [0.05, 0.1) is 11.0 Å². The first kappa shape index (κ1) is 11.0. The number of rotatable bonds is 4. The largest absolute Gasteiger partial charge is 0.381 e. The van der Waals surface area contributed by atoms with Crippen molar-refractivity contribution < 1.29 is 0 Å². The standard InChI is InChI=1S/C11H14N4S/c1-16-7-6-13-11-10(12)14-8-4-2-3-5-9(8)15-11/h2-5H,6-7H2,1H3,(H2,12,14)(H,13,15). The fourth-order valence-electron chi connectivity index (χ4n) is 1.42. The summed E-state index contributed by atoms with van der Waals surface area (Å²) in [6.45, 7) is 0.846. The number of para-hydroxylation sites is 2. The molecular formula is C11H14N4S. The van der Waals surface area contributed by atoms with E-state index in [0.29, 0.717) is 11.6 Å². The maximum atomic E-state index is 5.83. The molecule has 16 heavy (non-hydrogen) atoms. The van der Waals surface area contributed by atoms with Gasteiger partial charge in [-0.3, -0.25) is 0 Å². The van der Waals surface area contributed by atoms with Crippen LogP contribution in [-0.4, -0.2) is 28.5 Å². The van der Waals surface area contributed by atoms with Crippen LogP contribution in [0.25, 0.3) is 11.0 Å². The summed E-state index contributed by atoms with van der Waals surface area (Å²) in [7, 11) is 0. The Bertz CT molecular complexity index is 486. The van der Waals surface area contributed by atoms with E-state index in [9.17, 15) is 0 Å². The van der Waals surface area contributed by atoms with Gasteiger partial charge in [0.15, 0.2) is 11.6 Å². The van der Waals surface area contributed by atoms with E-state index in [1.807, 2.05) is 24.3 Å². The second kappa shape index (κ2) is 5.03. The molecule has 0 saturated heterocycles. The predicted molar refractivity (Wildman–Crippen MR) is 70.8 cm³/mol. The van der Waals surface area contributed by atoms with Crippen LogP contribution in [-0.2, 0) is 0 Å². The minimum absolute atomic E-state index is 0.458. The van der Waals surface area contributed by atoms with Gasteiger partial charge in [-0.2, -0.15) is 11.8 Å². The van der Waals surface area contributed by atoms with E-state index < -0.39 is 0 Å². The number of hydrogen-bond donors (Lipinski definition) is 2. The van der Waals surface area contributed by atoms with Crippen molar-refractivity contribution in [1.29, 1.82) is 0 Å². The van der Waals surface area contributed by atoms with Gasteiger partial charge in [-0.15, -0.1) is 0 Å². The third-order valence-corrected chi connectivity index (χ3v) is 2.81. The van der Waals surface area contributed by atoms with E-state index in [2.05, 4.69) is 21.5 Å². The molecule has 0 aliphatic heterocycles. The van der Waals surface area contributed by atoms with Crippen molar-refractivity contribution in [2.45, 2.75) is 0 Å². The van der Waals surface area contributed by atoms with Gasteiger partial charge < -0.3 is 11.1 Å². The summed E-state index contributed by atoms with van der Waals surface area (Å²) in [4.78, 5) is 8.74. The van der Waals surface area contributed by atoms with E-state index in [-0.39, 0.29) is 0 Å². The molecule has 0 saturated carbocycles. The van der Waals surface area contributed by atoms with Crippen LogP contribution in [0.2, 0.25) is 0 Å². The number of nitrogens with zero attached hydrogens (tertiary/aromatic N) is 2. The van der Waals surface area contributed by atoms with Gasteiger partial charge in [-0.05, 0) is 18.4 Å². The molecule has 0 bridgehead atoms. The van der Waals surface area contributed by atoms with Gasteiger partial charge in [0, 0.05) is 12.3 Å². The minimum Gasteiger partial charge on any atom is -0.381 e. The number of benzene rings is 1. The first-order valence-corrected chi connectivity index (χ1v) is 6.45. The molecule has 2 aromatic rings. The minimum atomic E-state index is 0.458. The summed E-state index contributed by atoms with van der Waals surface area (Å²) in [6, 6.07) is 7.71. The number of thioether (sulfide) groups is 1. The van der Waals surface area contributed by atoms with E-state index in [1.165, 1.54) is 0 Å². The molecule has 0 unspecified atom stereocenters. The Morgan fingerprint density at radius 1 is 1.25 bits per heavy atom. The summed E-state index contributed by atoms with van der Waals surface area (Å²) >= 11 is 1.78. The van der Waals surface area contributed by atoms with Gasteiger partial charge >= 0.3 is 0 Å². The van der Waals surface area contributed by atoms with E-state index in [0.717, 1.165) is 23.3 Å². The number of aromatic nitrogens is 2. The number of nitrogens with one attached hydrogen (secondary N) is 1. The lowest BCUT2D eigenvalue weighted by molar-refractivity contribution is 1.17. The van der Waals surface area contributed by atoms with Crippen molar-refractivity contribution in [3.63, 3.8) is 0 Å². The van der Waals surface area contributed by atoms with Crippen LogP contribution in [0.1, 0.15) is 0 Å². The maximum absolute atomic E-state index is 5.83. The molecule has 0 radical (unpaired) electrons. The van der Waals surface area contributed by atoms with Crippen LogP contribution < -0.4 is 11.1 Å². The van der Waals surface area contributed by atoms with Crippen molar-refractivity contribution in [2.75, 3.05) is 29.6 Å². The summed E-state index contributed by atoms with van der Waals surface area (Å²) in [5, 5.41) is 3.19. The Balaban J connectivity index is 2.27. The topological polar surface area (TPSA) is 63.8 Å². The highest BCUT2D eigenvalue weighted by Crippen LogP contribution is 2.17. The molecule has 0 spiro atoms. The number of fused-ring (bicyclic) bond motifs is 1. The molecule has 84 valence electrons. The SMILES string of the molecule is CSCCNc1nc2ccccc2nc1N. The molecule has 0 amide bonds. The zero-order valence-electron chi connectivity index (χ0n) is 9.10. The van der Waals surface area contributed by atoms with Crippen molar-refractivity contribution in [2.24, 2.45) is 0 Å². The van der Waals surface area contributed by atoms with Crippen molar-refractivity contribution >= 4 is 34.4 Å². The monoisotopic (exact) mass is 234 g/mol. The number of hydrogen-bond acceptors (Lipinski definition) is 5. The highest BCUT2D eigenvalue weighted by atomic mass is 32.2. The third-order valence-electron chi connectivity index (χ3n) is 2.20. The van der Waals surface area contributed by atoms with E-state index in [1.54, 1.807) is 11.8 Å². The molecule has 0 aliphatic rings. The zero-order valence-corrected chi connectivity index (χ0v) is 9.92. The Morgan fingerprint density at radius 3 is 2.62 bits per heavy atom. The van der Waals surface area contributed by atoms with Gasteiger partial charge in [-0.25, -0.2) is 9.97 Å². The van der Waals surface area contributed by atoms with Gasteiger partial charge in [0.1, 0.15) is 0 Å². The average Bonchev–Trinajstić information content (AvgIpc) is 2.30. The molecule has 1 aromatic carbocycles. The van der Waals surface area contributed by atoms with Gasteiger partial charge in [-0.1, -0.05) is 12.1 Å². The van der Waals surface area contributed by atoms with Gasteiger partial charge in [0.2, 0.25) is 0 Å². The maximum Gasteiger partial charge on any atom is 0.169 e. The molecule has 0 atom stereocenters. The first-order valence-electron chi connectivity index (χ1n) is 5.06. The lowest BCUT2D eigenvalue weighted by Crippen LogP contribution is -2.09. The molecule has 0 fully saturated rings. The molecule has 4 nitrogen and oxygen atoms in total. The normalized spacial score (nSPS) is 10.6. The van der Waals surface area contributed by atoms with Crippen molar-refractivity contribution in [3.05, 3.63) is 24.3 Å². The Morgan fingerprint density at radius 2 is 1.94 bits per heavy atom. The number of anilines is 2. The molecule has 2 rings (SSSR count). The lowest BCUT2D eigenvalue weighted by Gasteiger charge is -2.07. The van der Waals surface area contributed by atoms with Gasteiger partial charge in [0.25, 0.3) is 0 Å². The highest BCUT2D eigenvalue weighted by Gasteiger charge is 2.04. The first-order chi connectivity index (χ1) is 7.81. The third kappa shape index (κ3) is 2.36. The second-order valence-corrected chi connectivity index (χ2v) is 4.35. The van der Waals surface area contributed by atoms with Crippen LogP contribution in [0.4, 0.5) is 11.6 Å². The molecule has 1 heterocycles. The Hall–Kier alpha value is -1.49. The summed E-state index contributed by atoms with van der Waals surface area (Å²) in [5.74, 6) is 2.15. The highest BCUT2D eigenvalue weighted by molar-refractivity contribution is 7.98. The average molecular weight is 234 g/mol. The summed E-state index contributed by atoms with van der Waals surface area (Å²) < 4.78 is 0. The Labute approximate surface area is 98.7 Å². The molecule has 1 aromatic heterocycles. The van der Waals surface area contributed by atoms with Crippen LogP contribution in [0.15, 0.2) is 24.3 Å². The molecule has 5 heteroatoms. The van der Waals surface area contributed by atoms with E-state index in [4.69, 9.17) is 5.73 Å². The number of nitrogens with two attached hydrogens (primary N) is 1. The van der Waals surface area contributed by atoms with Crippen LogP contribution in [0.5, 0.6) is 0 Å². The van der Waals surface area contributed by atoms with E-state index >= 15 is 0 Å². The quantitative estimate of drug-likeness (QED) is 0.792. The van der Waals surface area contributed by atoms with Crippen LogP contribution in [0.3, 0.4) is 0 Å². The van der Waals surface area contributed by atoms with Crippen LogP contribution in [0, 0.1) is 0 Å². The fraction of sp³-hybridized carbons (Fsp3) is 0.273. The van der Waals surface area contributed by atoms with Crippen molar-refractivity contribution in [3.8, 4) is 0 Å². The van der Waals surface area contributed by atoms with Crippen molar-refractivity contribution in [1.82, 2.24) is 9.97 Å². The smallest absolute Gasteiger partial charge is 0.169 e. The number of nitrogen functional groups attached to an aromatic ring is 1. The molecular weight excluding hydrogens is 220 g/mol. The van der Waals surface area contributed by atoms with Crippen LogP contribution >= 0.6 is 11.8 Å². The molecule has 3 N–H and O–H groups in total. The zero-order chi connectivity index (χ0) is 11.4. The summed E-state index contributed by atoms with van der Waals surface area (Å²) in [6.07, 6.45) is 2.07. The lowest BCUT2D eigenvalue weighted by atomic mass is 10.3. The predicted octanol–water partition coefficient (Wildman–Crippen LogP) is 1.99. The second-order valence-electron chi connectivity index (χ2n) is 3.37.